The van der Waals surface area contributed by atoms with E-state index < -0.39 is 17.8 Å². The summed E-state index contributed by atoms with van der Waals surface area (Å²) in [5, 5.41) is 18.3. The summed E-state index contributed by atoms with van der Waals surface area (Å²) in [6.07, 6.45) is 0.131. The molecule has 5 nitrogen and oxygen atoms in total. The minimum atomic E-state index is -0.979. The number of benzene rings is 1. The first kappa shape index (κ1) is 13.3. The largest absolute Gasteiger partial charge is 0.480 e. The molecule has 6 heteroatoms. The monoisotopic (exact) mass is 264 g/mol. The summed E-state index contributed by atoms with van der Waals surface area (Å²) in [5.41, 5.74) is 0.554. The zero-order chi connectivity index (χ0) is 14.0. The highest BCUT2D eigenvalue weighted by atomic mass is 19.1. The molecule has 0 bridgehead atoms. The molecule has 2 atom stereocenters. The van der Waals surface area contributed by atoms with Crippen LogP contribution in [0.25, 0.3) is 0 Å². The van der Waals surface area contributed by atoms with E-state index in [-0.39, 0.29) is 11.7 Å². The van der Waals surface area contributed by atoms with Gasteiger partial charge in [-0.1, -0.05) is 0 Å². The van der Waals surface area contributed by atoms with Crippen LogP contribution < -0.4 is 4.90 Å². The smallest absolute Gasteiger partial charge is 0.326 e. The molecule has 0 aromatic heterocycles. The maximum absolute atomic E-state index is 13.1. The molecule has 1 aliphatic heterocycles. The van der Waals surface area contributed by atoms with Crippen molar-refractivity contribution in [3.05, 3.63) is 29.6 Å². The standard InChI is InChI=1S/C13H13FN2O3/c1-19-10-5-12(13(17)18)16(7-10)11-3-2-9(14)4-8(11)6-15/h2-4,10,12H,5,7H2,1H3,(H,17,18). The Bertz CT molecular complexity index is 541. The summed E-state index contributed by atoms with van der Waals surface area (Å²) >= 11 is 0. The van der Waals surface area contributed by atoms with Crippen LogP contribution in [0.4, 0.5) is 10.1 Å². The van der Waals surface area contributed by atoms with Gasteiger partial charge >= 0.3 is 5.97 Å². The molecule has 1 heterocycles. The quantitative estimate of drug-likeness (QED) is 0.892. The highest BCUT2D eigenvalue weighted by molar-refractivity contribution is 5.80. The number of hydrogen-bond donors (Lipinski definition) is 1. The number of nitrogens with zero attached hydrogens (tertiary/aromatic N) is 2. The molecule has 19 heavy (non-hydrogen) atoms. The van der Waals surface area contributed by atoms with Crippen LogP contribution >= 0.6 is 0 Å². The molecule has 1 aliphatic rings. The van der Waals surface area contributed by atoms with E-state index in [1.807, 2.05) is 6.07 Å². The number of hydrogen-bond acceptors (Lipinski definition) is 4. The van der Waals surface area contributed by atoms with Crippen LogP contribution in [0.15, 0.2) is 18.2 Å². The Labute approximate surface area is 109 Å². The van der Waals surface area contributed by atoms with E-state index in [0.29, 0.717) is 18.7 Å². The lowest BCUT2D eigenvalue weighted by atomic mass is 10.1. The third kappa shape index (κ3) is 2.51. The van der Waals surface area contributed by atoms with E-state index in [4.69, 9.17) is 10.00 Å². The number of anilines is 1. The first-order chi connectivity index (χ1) is 9.06. The minimum absolute atomic E-state index is 0.128. The minimum Gasteiger partial charge on any atom is -0.480 e. The Hall–Kier alpha value is -2.13. The van der Waals surface area contributed by atoms with Gasteiger partial charge in [-0.15, -0.1) is 0 Å². The molecule has 1 aromatic carbocycles. The normalized spacial score (nSPS) is 22.3. The van der Waals surface area contributed by atoms with Gasteiger partial charge in [0.1, 0.15) is 17.9 Å². The second-order valence-electron chi connectivity index (χ2n) is 4.37. The topological polar surface area (TPSA) is 73.6 Å². The Balaban J connectivity index is 2.39. The third-order valence-electron chi connectivity index (χ3n) is 3.27. The van der Waals surface area contributed by atoms with Crippen LogP contribution in [0.2, 0.25) is 0 Å². The summed E-state index contributed by atoms with van der Waals surface area (Å²) in [7, 11) is 1.52. The lowest BCUT2D eigenvalue weighted by molar-refractivity contribution is -0.138. The number of carboxylic acid groups (broad SMARTS) is 1. The van der Waals surface area contributed by atoms with Gasteiger partial charge in [0.2, 0.25) is 0 Å². The number of aliphatic carboxylic acids is 1. The maximum atomic E-state index is 13.1. The number of carbonyl (C=O) groups is 1. The number of carboxylic acids is 1. The molecule has 100 valence electrons. The molecule has 1 saturated heterocycles. The van der Waals surface area contributed by atoms with Crippen LogP contribution in [0.3, 0.4) is 0 Å². The van der Waals surface area contributed by atoms with E-state index in [9.17, 15) is 14.3 Å². The van der Waals surface area contributed by atoms with Crippen molar-refractivity contribution >= 4 is 11.7 Å². The number of ether oxygens (including phenoxy) is 1. The molecule has 0 amide bonds. The Morgan fingerprint density at radius 2 is 2.37 bits per heavy atom. The summed E-state index contributed by atoms with van der Waals surface area (Å²) in [6.45, 7) is 0.369. The Kier molecular flexibility index (Phi) is 3.67. The van der Waals surface area contributed by atoms with Gasteiger partial charge in [0.05, 0.1) is 17.4 Å². The van der Waals surface area contributed by atoms with Gasteiger partial charge in [0, 0.05) is 20.1 Å². The molecule has 0 saturated carbocycles. The molecule has 1 fully saturated rings. The summed E-state index contributed by atoms with van der Waals surface area (Å²) in [4.78, 5) is 12.8. The van der Waals surface area contributed by atoms with E-state index >= 15 is 0 Å². The van der Waals surface area contributed by atoms with Crippen LogP contribution in [-0.2, 0) is 9.53 Å². The van der Waals surface area contributed by atoms with Gasteiger partial charge in [-0.25, -0.2) is 9.18 Å². The van der Waals surface area contributed by atoms with Crippen LogP contribution in [-0.4, -0.2) is 36.9 Å². The van der Waals surface area contributed by atoms with E-state index in [0.717, 1.165) is 6.07 Å². The van der Waals surface area contributed by atoms with Crippen molar-refractivity contribution in [2.24, 2.45) is 0 Å². The van der Waals surface area contributed by atoms with Crippen molar-refractivity contribution in [1.82, 2.24) is 0 Å². The fraction of sp³-hybridized carbons (Fsp3) is 0.385. The number of methoxy groups -OCH3 is 1. The molecule has 1 N–H and O–H groups in total. The summed E-state index contributed by atoms with van der Waals surface area (Å²) < 4.78 is 18.3. The fourth-order valence-corrected chi connectivity index (χ4v) is 2.32. The summed E-state index contributed by atoms with van der Waals surface area (Å²) in [6, 6.07) is 4.88. The van der Waals surface area contributed by atoms with Crippen molar-refractivity contribution in [3.63, 3.8) is 0 Å². The number of nitriles is 1. The lowest BCUT2D eigenvalue weighted by Crippen LogP contribution is -2.36. The van der Waals surface area contributed by atoms with Crippen molar-refractivity contribution in [1.29, 1.82) is 5.26 Å². The summed E-state index contributed by atoms with van der Waals surface area (Å²) in [5.74, 6) is -1.50. The van der Waals surface area contributed by atoms with Crippen molar-refractivity contribution < 1.29 is 19.0 Å². The first-order valence-electron chi connectivity index (χ1n) is 5.78. The van der Waals surface area contributed by atoms with Crippen molar-refractivity contribution in [3.8, 4) is 6.07 Å². The van der Waals surface area contributed by atoms with Crippen LogP contribution in [0, 0.1) is 17.1 Å². The van der Waals surface area contributed by atoms with E-state index in [1.165, 1.54) is 19.2 Å². The molecule has 0 radical (unpaired) electrons. The van der Waals surface area contributed by atoms with Crippen LogP contribution in [0.5, 0.6) is 0 Å². The predicted octanol–water partition coefficient (Wildman–Crippen LogP) is 1.38. The Morgan fingerprint density at radius 3 is 2.95 bits per heavy atom. The number of halogens is 1. The second kappa shape index (κ2) is 5.24. The second-order valence-corrected chi connectivity index (χ2v) is 4.37. The molecule has 2 unspecified atom stereocenters. The van der Waals surface area contributed by atoms with Crippen molar-refractivity contribution in [2.75, 3.05) is 18.6 Å². The zero-order valence-corrected chi connectivity index (χ0v) is 10.3. The fourth-order valence-electron chi connectivity index (χ4n) is 2.32. The third-order valence-corrected chi connectivity index (χ3v) is 3.27. The van der Waals surface area contributed by atoms with Gasteiger partial charge in [0.25, 0.3) is 0 Å². The average molecular weight is 264 g/mol. The molecular formula is C13H13FN2O3. The van der Waals surface area contributed by atoms with E-state index in [1.54, 1.807) is 4.90 Å². The van der Waals surface area contributed by atoms with Gasteiger partial charge in [0.15, 0.2) is 0 Å². The highest BCUT2D eigenvalue weighted by Crippen LogP contribution is 2.30. The first-order valence-corrected chi connectivity index (χ1v) is 5.78. The molecule has 1 aromatic rings. The van der Waals surface area contributed by atoms with Gasteiger partial charge < -0.3 is 14.7 Å². The Morgan fingerprint density at radius 1 is 1.63 bits per heavy atom. The molecular weight excluding hydrogens is 251 g/mol. The zero-order valence-electron chi connectivity index (χ0n) is 10.3. The van der Waals surface area contributed by atoms with Gasteiger partial charge in [-0.05, 0) is 18.2 Å². The van der Waals surface area contributed by atoms with Crippen LogP contribution in [0.1, 0.15) is 12.0 Å². The van der Waals surface area contributed by atoms with Gasteiger partial charge in [-0.3, -0.25) is 0 Å². The highest BCUT2D eigenvalue weighted by Gasteiger charge is 2.38. The molecule has 0 aliphatic carbocycles. The average Bonchev–Trinajstić information content (AvgIpc) is 2.82. The lowest BCUT2D eigenvalue weighted by Gasteiger charge is -2.24. The molecule has 2 rings (SSSR count). The van der Waals surface area contributed by atoms with Crippen molar-refractivity contribution in [2.45, 2.75) is 18.6 Å². The molecule has 0 spiro atoms. The SMILES string of the molecule is COC1CC(C(=O)O)N(c2ccc(F)cc2C#N)C1. The maximum Gasteiger partial charge on any atom is 0.326 e. The predicted molar refractivity (Wildman–Crippen MR) is 65.3 cm³/mol. The van der Waals surface area contributed by atoms with Gasteiger partial charge in [-0.2, -0.15) is 5.26 Å². The number of rotatable bonds is 3. The van der Waals surface area contributed by atoms with E-state index in [2.05, 4.69) is 0 Å².